The summed E-state index contributed by atoms with van der Waals surface area (Å²) in [7, 11) is -0.358. The number of piperidine rings is 1. The Morgan fingerprint density at radius 3 is 2.59 bits per heavy atom. The zero-order chi connectivity index (χ0) is 24.5. The SMILES string of the molecule is COc1ccc(C(NC(=O)C2CCCN(S(=O)(=O)c3c(C)noc3C)C2)c2nccn2C)cc1. The highest BCUT2D eigenvalue weighted by Gasteiger charge is 2.37. The van der Waals surface area contributed by atoms with Crippen molar-refractivity contribution >= 4 is 15.9 Å². The first-order valence-corrected chi connectivity index (χ1v) is 12.5. The van der Waals surface area contributed by atoms with Gasteiger partial charge in [-0.3, -0.25) is 4.79 Å². The van der Waals surface area contributed by atoms with Gasteiger partial charge in [-0.25, -0.2) is 13.4 Å². The number of hydrogen-bond acceptors (Lipinski definition) is 7. The normalized spacial score (nSPS) is 17.9. The number of imidazole rings is 1. The molecule has 1 fully saturated rings. The quantitative estimate of drug-likeness (QED) is 0.543. The standard InChI is InChI=1S/C23H29N5O5S/c1-15-21(16(2)33-26-15)34(30,31)28-12-5-6-18(14-28)23(29)25-20(22-24-11-13-27(22)3)17-7-9-19(32-4)10-8-17/h7-11,13,18,20H,5-6,12,14H2,1-4H3,(H,25,29). The van der Waals surface area contributed by atoms with Gasteiger partial charge in [0.2, 0.25) is 15.9 Å². The summed E-state index contributed by atoms with van der Waals surface area (Å²) >= 11 is 0. The van der Waals surface area contributed by atoms with E-state index in [1.54, 1.807) is 27.2 Å². The number of ether oxygens (including phenoxy) is 1. The van der Waals surface area contributed by atoms with Crippen LogP contribution < -0.4 is 10.1 Å². The molecule has 0 spiro atoms. The van der Waals surface area contributed by atoms with Gasteiger partial charge in [0.1, 0.15) is 28.2 Å². The maximum Gasteiger partial charge on any atom is 0.248 e. The number of sulfonamides is 1. The van der Waals surface area contributed by atoms with Crippen LogP contribution in [0.3, 0.4) is 0 Å². The number of benzene rings is 1. The van der Waals surface area contributed by atoms with Crippen molar-refractivity contribution in [2.75, 3.05) is 20.2 Å². The average molecular weight is 488 g/mol. The molecular formula is C23H29N5O5S. The van der Waals surface area contributed by atoms with Gasteiger partial charge in [0.15, 0.2) is 5.76 Å². The Morgan fingerprint density at radius 1 is 1.26 bits per heavy atom. The summed E-state index contributed by atoms with van der Waals surface area (Å²) in [4.78, 5) is 17.9. The van der Waals surface area contributed by atoms with Crippen molar-refractivity contribution in [1.29, 1.82) is 0 Å². The number of nitrogens with one attached hydrogen (secondary N) is 1. The molecule has 3 aromatic rings. The number of aromatic nitrogens is 3. The monoisotopic (exact) mass is 487 g/mol. The topological polar surface area (TPSA) is 120 Å². The number of carbonyl (C=O) groups excluding carboxylic acids is 1. The van der Waals surface area contributed by atoms with Crippen LogP contribution >= 0.6 is 0 Å². The van der Waals surface area contributed by atoms with E-state index in [4.69, 9.17) is 9.26 Å². The number of aryl methyl sites for hydroxylation is 3. The van der Waals surface area contributed by atoms with Crippen molar-refractivity contribution < 1.29 is 22.5 Å². The van der Waals surface area contributed by atoms with Crippen LogP contribution in [0.15, 0.2) is 46.1 Å². The van der Waals surface area contributed by atoms with Crippen molar-refractivity contribution in [3.05, 3.63) is 59.5 Å². The summed E-state index contributed by atoms with van der Waals surface area (Å²) in [5.41, 5.74) is 1.16. The van der Waals surface area contributed by atoms with Gasteiger partial charge in [-0.2, -0.15) is 4.31 Å². The molecule has 0 bridgehead atoms. The molecule has 4 rings (SSSR count). The summed E-state index contributed by atoms with van der Waals surface area (Å²) in [6.07, 6.45) is 4.67. The summed E-state index contributed by atoms with van der Waals surface area (Å²) in [5, 5.41) is 6.87. The molecule has 182 valence electrons. The van der Waals surface area contributed by atoms with Crippen LogP contribution in [0.5, 0.6) is 5.75 Å². The Balaban J connectivity index is 1.56. The van der Waals surface area contributed by atoms with Gasteiger partial charge in [-0.1, -0.05) is 17.3 Å². The van der Waals surface area contributed by atoms with E-state index >= 15 is 0 Å². The first-order chi connectivity index (χ1) is 16.2. The van der Waals surface area contributed by atoms with E-state index in [0.29, 0.717) is 36.7 Å². The van der Waals surface area contributed by atoms with E-state index in [0.717, 1.165) is 5.56 Å². The molecule has 1 aliphatic rings. The summed E-state index contributed by atoms with van der Waals surface area (Å²) < 4.78 is 40.0. The lowest BCUT2D eigenvalue weighted by Crippen LogP contribution is -2.46. The minimum Gasteiger partial charge on any atom is -0.497 e. The van der Waals surface area contributed by atoms with Gasteiger partial charge >= 0.3 is 0 Å². The third-order valence-electron chi connectivity index (χ3n) is 6.17. The summed E-state index contributed by atoms with van der Waals surface area (Å²) in [6, 6.07) is 6.93. The molecule has 11 heteroatoms. The van der Waals surface area contributed by atoms with E-state index in [9.17, 15) is 13.2 Å². The van der Waals surface area contributed by atoms with Crippen molar-refractivity contribution in [2.45, 2.75) is 37.6 Å². The fraction of sp³-hybridized carbons (Fsp3) is 0.435. The van der Waals surface area contributed by atoms with Crippen molar-refractivity contribution in [1.82, 2.24) is 24.3 Å². The number of hydrogen-bond donors (Lipinski definition) is 1. The number of amides is 1. The lowest BCUT2D eigenvalue weighted by Gasteiger charge is -2.32. The fourth-order valence-corrected chi connectivity index (χ4v) is 6.17. The van der Waals surface area contributed by atoms with Gasteiger partial charge in [-0.05, 0) is 44.4 Å². The van der Waals surface area contributed by atoms with Crippen LogP contribution in [0.25, 0.3) is 0 Å². The van der Waals surface area contributed by atoms with Crippen molar-refractivity contribution in [2.24, 2.45) is 13.0 Å². The predicted molar refractivity (Wildman–Crippen MR) is 124 cm³/mol. The van der Waals surface area contributed by atoms with Gasteiger partial charge in [0.05, 0.1) is 13.0 Å². The van der Waals surface area contributed by atoms with Gasteiger partial charge < -0.3 is 19.1 Å². The van der Waals surface area contributed by atoms with E-state index in [-0.39, 0.29) is 23.1 Å². The largest absolute Gasteiger partial charge is 0.497 e. The minimum absolute atomic E-state index is 0.0812. The molecule has 1 amide bonds. The second-order valence-corrected chi connectivity index (χ2v) is 10.3. The third kappa shape index (κ3) is 4.58. The second kappa shape index (κ2) is 9.59. The fourth-order valence-electron chi connectivity index (χ4n) is 4.36. The van der Waals surface area contributed by atoms with Crippen LogP contribution in [0.2, 0.25) is 0 Å². The third-order valence-corrected chi connectivity index (χ3v) is 8.28. The highest BCUT2D eigenvalue weighted by Crippen LogP contribution is 2.29. The number of rotatable bonds is 7. The zero-order valence-electron chi connectivity index (χ0n) is 19.7. The molecule has 2 aromatic heterocycles. The molecule has 1 N–H and O–H groups in total. The molecule has 10 nitrogen and oxygen atoms in total. The van der Waals surface area contributed by atoms with Crippen LogP contribution in [-0.2, 0) is 21.9 Å². The molecule has 1 aromatic carbocycles. The minimum atomic E-state index is -3.82. The molecule has 0 radical (unpaired) electrons. The predicted octanol–water partition coefficient (Wildman–Crippen LogP) is 2.34. The van der Waals surface area contributed by atoms with Crippen molar-refractivity contribution in [3.63, 3.8) is 0 Å². The van der Waals surface area contributed by atoms with Gasteiger partial charge in [-0.15, -0.1) is 0 Å². The first-order valence-electron chi connectivity index (χ1n) is 11.1. The Bertz CT molecular complexity index is 1250. The highest BCUT2D eigenvalue weighted by atomic mass is 32.2. The second-order valence-electron chi connectivity index (χ2n) is 8.47. The molecule has 2 unspecified atom stereocenters. The van der Waals surface area contributed by atoms with Gasteiger partial charge in [0, 0.05) is 32.5 Å². The van der Waals surface area contributed by atoms with E-state index in [2.05, 4.69) is 15.5 Å². The molecule has 0 aliphatic carbocycles. The maximum absolute atomic E-state index is 13.4. The van der Waals surface area contributed by atoms with E-state index < -0.39 is 22.0 Å². The lowest BCUT2D eigenvalue weighted by molar-refractivity contribution is -0.126. The van der Waals surface area contributed by atoms with E-state index in [1.807, 2.05) is 42.1 Å². The van der Waals surface area contributed by atoms with Crippen LogP contribution in [-0.4, -0.2) is 53.5 Å². The number of methoxy groups -OCH3 is 1. The Labute approximate surface area is 199 Å². The summed E-state index contributed by atoms with van der Waals surface area (Å²) in [5.74, 6) is 0.918. The molecule has 2 atom stereocenters. The summed E-state index contributed by atoms with van der Waals surface area (Å²) in [6.45, 7) is 3.61. The Hall–Kier alpha value is -3.18. The maximum atomic E-state index is 13.4. The molecule has 0 saturated carbocycles. The van der Waals surface area contributed by atoms with Gasteiger partial charge in [0.25, 0.3) is 0 Å². The zero-order valence-corrected chi connectivity index (χ0v) is 20.5. The van der Waals surface area contributed by atoms with E-state index in [1.165, 1.54) is 4.31 Å². The van der Waals surface area contributed by atoms with Crippen molar-refractivity contribution in [3.8, 4) is 5.75 Å². The van der Waals surface area contributed by atoms with Crippen LogP contribution in [0.4, 0.5) is 0 Å². The van der Waals surface area contributed by atoms with Crippen LogP contribution in [0, 0.1) is 19.8 Å². The molecule has 1 saturated heterocycles. The Morgan fingerprint density at radius 2 is 2.00 bits per heavy atom. The molecule has 1 aliphatic heterocycles. The smallest absolute Gasteiger partial charge is 0.248 e. The average Bonchev–Trinajstić information content (AvgIpc) is 3.42. The van der Waals surface area contributed by atoms with Crippen LogP contribution in [0.1, 0.15) is 41.7 Å². The highest BCUT2D eigenvalue weighted by molar-refractivity contribution is 7.89. The molecule has 3 heterocycles. The number of carbonyl (C=O) groups is 1. The Kier molecular flexibility index (Phi) is 6.76. The molecular weight excluding hydrogens is 458 g/mol. The lowest BCUT2D eigenvalue weighted by atomic mass is 9.97. The number of nitrogens with zero attached hydrogens (tertiary/aromatic N) is 4. The molecule has 34 heavy (non-hydrogen) atoms. The first kappa shape index (κ1) is 24.0.